The second-order valence-corrected chi connectivity index (χ2v) is 7.13. The molecule has 34 heavy (non-hydrogen) atoms. The zero-order valence-electron chi connectivity index (χ0n) is 17.5. The minimum absolute atomic E-state index is 0.0446. The van der Waals surface area contributed by atoms with Crippen LogP contribution in [-0.4, -0.2) is 55.9 Å². The lowest BCUT2D eigenvalue weighted by molar-refractivity contribution is -0.124. The van der Waals surface area contributed by atoms with Crippen molar-refractivity contribution in [2.45, 2.75) is 19.1 Å². The monoisotopic (exact) mass is 508 g/mol. The molecular formula is C21H21ClF4N2O6. The van der Waals surface area contributed by atoms with Crippen molar-refractivity contribution in [3.8, 4) is 17.2 Å². The summed E-state index contributed by atoms with van der Waals surface area (Å²) < 4.78 is 65.3. The van der Waals surface area contributed by atoms with E-state index in [0.29, 0.717) is 0 Å². The number of hydrogen-bond acceptors (Lipinski definition) is 6. The third kappa shape index (κ3) is 9.71. The van der Waals surface area contributed by atoms with Gasteiger partial charge in [0.05, 0.1) is 11.1 Å². The lowest BCUT2D eigenvalue weighted by Gasteiger charge is -2.13. The number of carbonyl (C=O) groups is 2. The number of carbonyl (C=O) groups excluding carboxylic acids is 2. The van der Waals surface area contributed by atoms with Crippen LogP contribution in [0.4, 0.5) is 17.6 Å². The second kappa shape index (κ2) is 13.5. The van der Waals surface area contributed by atoms with Crippen LogP contribution in [0.1, 0.15) is 6.42 Å². The van der Waals surface area contributed by atoms with Crippen molar-refractivity contribution in [2.75, 3.05) is 26.3 Å². The van der Waals surface area contributed by atoms with Crippen molar-refractivity contribution >= 4 is 23.4 Å². The summed E-state index contributed by atoms with van der Waals surface area (Å²) in [6.07, 6.45) is -0.887. The summed E-state index contributed by atoms with van der Waals surface area (Å²) in [6, 6.07) is 6.59. The summed E-state index contributed by atoms with van der Waals surface area (Å²) in [5.41, 5.74) is 0. The maximum atomic E-state index is 13.4. The van der Waals surface area contributed by atoms with Gasteiger partial charge < -0.3 is 30.0 Å². The van der Waals surface area contributed by atoms with E-state index in [9.17, 15) is 32.3 Å². The highest BCUT2D eigenvalue weighted by Crippen LogP contribution is 2.25. The predicted molar refractivity (Wildman–Crippen MR) is 112 cm³/mol. The van der Waals surface area contributed by atoms with Gasteiger partial charge in [-0.15, -0.1) is 0 Å². The molecule has 2 amide bonds. The number of halogens is 5. The number of aliphatic hydroxyl groups excluding tert-OH is 1. The molecular weight excluding hydrogens is 488 g/mol. The number of rotatable bonds is 13. The van der Waals surface area contributed by atoms with Gasteiger partial charge in [0.15, 0.2) is 24.8 Å². The number of ether oxygens (including phenoxy) is 3. The molecule has 0 unspecified atom stereocenters. The first-order valence-electron chi connectivity index (χ1n) is 9.80. The minimum Gasteiger partial charge on any atom is -0.484 e. The molecule has 0 fully saturated rings. The van der Waals surface area contributed by atoms with E-state index in [1.54, 1.807) is 0 Å². The quantitative estimate of drug-likeness (QED) is 0.359. The molecule has 0 aliphatic heterocycles. The predicted octanol–water partition coefficient (Wildman–Crippen LogP) is 2.66. The molecule has 0 aliphatic rings. The molecule has 0 saturated carbocycles. The first kappa shape index (κ1) is 27.0. The molecule has 2 rings (SSSR count). The summed E-state index contributed by atoms with van der Waals surface area (Å²) in [6.45, 7) is -4.19. The van der Waals surface area contributed by atoms with Crippen LogP contribution in [0.25, 0.3) is 0 Å². The molecule has 0 aliphatic carbocycles. The molecule has 0 heterocycles. The van der Waals surface area contributed by atoms with E-state index in [0.717, 1.165) is 24.3 Å². The van der Waals surface area contributed by atoms with E-state index in [1.165, 1.54) is 12.1 Å². The third-order valence-electron chi connectivity index (χ3n) is 4.08. The van der Waals surface area contributed by atoms with Gasteiger partial charge in [-0.05, 0) is 30.7 Å². The summed E-state index contributed by atoms with van der Waals surface area (Å²) >= 11 is 5.55. The van der Waals surface area contributed by atoms with E-state index >= 15 is 0 Å². The van der Waals surface area contributed by atoms with E-state index in [2.05, 4.69) is 15.4 Å². The Morgan fingerprint density at radius 1 is 0.941 bits per heavy atom. The van der Waals surface area contributed by atoms with E-state index in [-0.39, 0.29) is 36.0 Å². The Kier molecular flexibility index (Phi) is 10.7. The third-order valence-corrected chi connectivity index (χ3v) is 4.39. The fourth-order valence-corrected chi connectivity index (χ4v) is 2.56. The van der Waals surface area contributed by atoms with Crippen molar-refractivity contribution in [3.63, 3.8) is 0 Å². The van der Waals surface area contributed by atoms with Crippen LogP contribution in [-0.2, 0) is 9.59 Å². The molecule has 3 N–H and O–H groups in total. The molecule has 2 aromatic carbocycles. The maximum Gasteiger partial charge on any atom is 0.387 e. The van der Waals surface area contributed by atoms with Crippen molar-refractivity contribution < 1.29 is 46.5 Å². The van der Waals surface area contributed by atoms with Gasteiger partial charge >= 0.3 is 6.61 Å². The molecule has 0 spiro atoms. The van der Waals surface area contributed by atoms with Crippen LogP contribution in [0, 0.1) is 11.6 Å². The maximum absolute atomic E-state index is 13.4. The van der Waals surface area contributed by atoms with Crippen LogP contribution < -0.4 is 24.8 Å². The number of nitrogens with one attached hydrogen (secondary N) is 2. The van der Waals surface area contributed by atoms with E-state index in [1.807, 2.05) is 0 Å². The van der Waals surface area contributed by atoms with E-state index in [4.69, 9.17) is 21.1 Å². The Balaban J connectivity index is 1.61. The normalized spacial score (nSPS) is 11.6. The van der Waals surface area contributed by atoms with Gasteiger partial charge in [0.2, 0.25) is 0 Å². The van der Waals surface area contributed by atoms with Crippen LogP contribution >= 0.6 is 11.6 Å². The van der Waals surface area contributed by atoms with Gasteiger partial charge in [0.1, 0.15) is 17.3 Å². The molecule has 0 bridgehead atoms. The van der Waals surface area contributed by atoms with E-state index < -0.39 is 55.1 Å². The SMILES string of the molecule is O=C(COc1ccc(F)c(OC(F)F)c1)NCC[C@H](O)CNC(=O)COc1ccc(Cl)c(F)c1. The highest BCUT2D eigenvalue weighted by atomic mass is 35.5. The minimum atomic E-state index is -3.22. The molecule has 13 heteroatoms. The molecule has 8 nitrogen and oxygen atoms in total. The van der Waals surface area contributed by atoms with Gasteiger partial charge in [0, 0.05) is 25.2 Å². The van der Waals surface area contributed by atoms with Crippen molar-refractivity contribution in [3.05, 3.63) is 53.1 Å². The zero-order valence-corrected chi connectivity index (χ0v) is 18.3. The molecule has 0 aromatic heterocycles. The molecule has 186 valence electrons. The van der Waals surface area contributed by atoms with Crippen LogP contribution in [0.2, 0.25) is 5.02 Å². The number of aliphatic hydroxyl groups is 1. The van der Waals surface area contributed by atoms with Crippen molar-refractivity contribution in [1.82, 2.24) is 10.6 Å². The lowest BCUT2D eigenvalue weighted by Crippen LogP contribution is -2.37. The Morgan fingerprint density at radius 2 is 1.56 bits per heavy atom. The molecule has 2 aromatic rings. The zero-order chi connectivity index (χ0) is 25.1. The summed E-state index contributed by atoms with van der Waals surface area (Å²) in [4.78, 5) is 23.5. The highest BCUT2D eigenvalue weighted by Gasteiger charge is 2.13. The lowest BCUT2D eigenvalue weighted by atomic mass is 10.2. The standard InChI is InChI=1S/C21H21ClF4N2O6/c22-15-3-1-13(7-17(15)24)32-11-20(31)28-9-12(29)5-6-27-19(30)10-33-14-2-4-16(23)18(8-14)34-21(25)26/h1-4,7-8,12,21,29H,5-6,9-11H2,(H,27,30)(H,28,31)/t12-/m0/s1. The largest absolute Gasteiger partial charge is 0.484 e. The molecule has 0 radical (unpaired) electrons. The number of amides is 2. The van der Waals surface area contributed by atoms with Gasteiger partial charge in [-0.3, -0.25) is 9.59 Å². The first-order chi connectivity index (χ1) is 16.1. The number of alkyl halides is 2. The average Bonchev–Trinajstić information content (AvgIpc) is 2.78. The van der Waals surface area contributed by atoms with Gasteiger partial charge in [-0.1, -0.05) is 11.6 Å². The fourth-order valence-electron chi connectivity index (χ4n) is 2.44. The average molecular weight is 509 g/mol. The smallest absolute Gasteiger partial charge is 0.387 e. The van der Waals surface area contributed by atoms with Crippen molar-refractivity contribution in [1.29, 1.82) is 0 Å². The summed E-state index contributed by atoms with van der Waals surface area (Å²) in [5, 5.41) is 14.7. The number of benzene rings is 2. The number of hydrogen-bond donors (Lipinski definition) is 3. The Labute approximate surface area is 196 Å². The Bertz CT molecular complexity index is 982. The summed E-state index contributed by atoms with van der Waals surface area (Å²) in [7, 11) is 0. The first-order valence-corrected chi connectivity index (χ1v) is 10.2. The highest BCUT2D eigenvalue weighted by molar-refractivity contribution is 6.30. The molecule has 0 saturated heterocycles. The Hall–Kier alpha value is -3.25. The van der Waals surface area contributed by atoms with Crippen LogP contribution in [0.5, 0.6) is 17.2 Å². The summed E-state index contributed by atoms with van der Waals surface area (Å²) in [5.74, 6) is -3.50. The fraction of sp³-hybridized carbons (Fsp3) is 0.333. The van der Waals surface area contributed by atoms with Gasteiger partial charge in [-0.2, -0.15) is 8.78 Å². The second-order valence-electron chi connectivity index (χ2n) is 6.72. The molecule has 1 atom stereocenters. The van der Waals surface area contributed by atoms with Gasteiger partial charge in [-0.25, -0.2) is 8.78 Å². The van der Waals surface area contributed by atoms with Crippen LogP contribution in [0.3, 0.4) is 0 Å². The van der Waals surface area contributed by atoms with Crippen LogP contribution in [0.15, 0.2) is 36.4 Å². The van der Waals surface area contributed by atoms with Gasteiger partial charge in [0.25, 0.3) is 11.8 Å². The Morgan fingerprint density at radius 3 is 2.21 bits per heavy atom. The van der Waals surface area contributed by atoms with Crippen molar-refractivity contribution in [2.24, 2.45) is 0 Å². The topological polar surface area (TPSA) is 106 Å².